The highest BCUT2D eigenvalue weighted by Gasteiger charge is 2.26. The number of ether oxygens (including phenoxy) is 1. The van der Waals surface area contributed by atoms with Crippen molar-refractivity contribution in [3.05, 3.63) is 46.4 Å². The van der Waals surface area contributed by atoms with E-state index in [4.69, 9.17) is 4.74 Å². The van der Waals surface area contributed by atoms with Crippen molar-refractivity contribution >= 4 is 27.5 Å². The molecule has 0 N–H and O–H groups in total. The lowest BCUT2D eigenvalue weighted by molar-refractivity contribution is 0.0789. The molecule has 0 saturated heterocycles. The summed E-state index contributed by atoms with van der Waals surface area (Å²) >= 11 is 1.47. The summed E-state index contributed by atoms with van der Waals surface area (Å²) in [5, 5.41) is 1.08. The van der Waals surface area contributed by atoms with E-state index < -0.39 is 0 Å². The van der Waals surface area contributed by atoms with Crippen LogP contribution in [-0.2, 0) is 6.54 Å². The first-order valence-corrected chi connectivity index (χ1v) is 10.4. The van der Waals surface area contributed by atoms with Crippen LogP contribution >= 0.6 is 11.3 Å². The van der Waals surface area contributed by atoms with Crippen molar-refractivity contribution in [3.63, 3.8) is 0 Å². The number of pyridine rings is 1. The molecule has 28 heavy (non-hydrogen) atoms. The van der Waals surface area contributed by atoms with Crippen LogP contribution in [0.1, 0.15) is 58.1 Å². The van der Waals surface area contributed by atoms with E-state index in [1.807, 2.05) is 26.1 Å². The van der Waals surface area contributed by atoms with Crippen molar-refractivity contribution in [1.29, 1.82) is 0 Å². The van der Waals surface area contributed by atoms with Gasteiger partial charge in [-0.25, -0.2) is 15.0 Å². The SMILES string of the molecule is COc1cc(CN(C)C(=O)c2sc3ncnc(C4CCCC4)c3c2C)ccn1. The minimum absolute atomic E-state index is 0.00801. The molecule has 0 radical (unpaired) electrons. The first-order valence-electron chi connectivity index (χ1n) is 9.57. The van der Waals surface area contributed by atoms with Crippen molar-refractivity contribution in [2.24, 2.45) is 0 Å². The number of amides is 1. The molecule has 0 unspecified atom stereocenters. The number of rotatable bonds is 5. The number of carbonyl (C=O) groups excluding carboxylic acids is 1. The Kier molecular flexibility index (Phi) is 5.26. The average Bonchev–Trinajstić information content (AvgIpc) is 3.36. The first kappa shape index (κ1) is 18.8. The van der Waals surface area contributed by atoms with Crippen molar-refractivity contribution in [2.75, 3.05) is 14.2 Å². The monoisotopic (exact) mass is 396 g/mol. The maximum Gasteiger partial charge on any atom is 0.264 e. The Hall–Kier alpha value is -2.54. The molecular weight excluding hydrogens is 372 g/mol. The normalized spacial score (nSPS) is 14.5. The highest BCUT2D eigenvalue weighted by atomic mass is 32.1. The smallest absolute Gasteiger partial charge is 0.264 e. The van der Waals surface area contributed by atoms with Gasteiger partial charge in [0.05, 0.1) is 17.7 Å². The molecule has 7 heteroatoms. The molecule has 4 rings (SSSR count). The molecule has 1 saturated carbocycles. The second-order valence-corrected chi connectivity index (χ2v) is 8.34. The number of carbonyl (C=O) groups is 1. The van der Waals surface area contributed by atoms with E-state index in [1.165, 1.54) is 37.0 Å². The molecule has 1 aliphatic rings. The van der Waals surface area contributed by atoms with Gasteiger partial charge in [0.1, 0.15) is 11.2 Å². The van der Waals surface area contributed by atoms with Crippen LogP contribution < -0.4 is 4.74 Å². The Morgan fingerprint density at radius 1 is 1.29 bits per heavy atom. The summed E-state index contributed by atoms with van der Waals surface area (Å²) in [6.45, 7) is 2.52. The van der Waals surface area contributed by atoms with E-state index in [1.54, 1.807) is 24.5 Å². The second kappa shape index (κ2) is 7.83. The van der Waals surface area contributed by atoms with E-state index in [-0.39, 0.29) is 5.91 Å². The number of nitrogens with zero attached hydrogens (tertiary/aromatic N) is 4. The molecular formula is C21H24N4O2S. The molecule has 0 spiro atoms. The zero-order chi connectivity index (χ0) is 19.7. The standard InChI is InChI=1S/C21H24N4O2S/c1-13-17-18(15-6-4-5-7-15)23-12-24-20(17)28-19(13)21(26)25(2)11-14-8-9-22-16(10-14)27-3/h8-10,12,15H,4-7,11H2,1-3H3. The van der Waals surface area contributed by atoms with Crippen molar-refractivity contribution in [3.8, 4) is 5.88 Å². The fraction of sp³-hybridized carbons (Fsp3) is 0.429. The Labute approximate surface area is 168 Å². The highest BCUT2D eigenvalue weighted by Crippen LogP contribution is 2.40. The molecule has 0 aromatic carbocycles. The van der Waals surface area contributed by atoms with Gasteiger partial charge in [-0.3, -0.25) is 4.79 Å². The number of hydrogen-bond acceptors (Lipinski definition) is 6. The van der Waals surface area contributed by atoms with E-state index in [2.05, 4.69) is 15.0 Å². The third-order valence-electron chi connectivity index (χ3n) is 5.47. The molecule has 3 aromatic rings. The summed E-state index contributed by atoms with van der Waals surface area (Å²) in [7, 11) is 3.41. The average molecular weight is 397 g/mol. The lowest BCUT2D eigenvalue weighted by atomic mass is 9.99. The quantitative estimate of drug-likeness (QED) is 0.642. The number of fused-ring (bicyclic) bond motifs is 1. The third kappa shape index (κ3) is 3.46. The number of aromatic nitrogens is 3. The van der Waals surface area contributed by atoms with E-state index in [0.717, 1.165) is 31.9 Å². The lowest BCUT2D eigenvalue weighted by Crippen LogP contribution is -2.26. The van der Waals surface area contributed by atoms with Gasteiger partial charge in [0.2, 0.25) is 5.88 Å². The summed E-state index contributed by atoms with van der Waals surface area (Å²) in [6.07, 6.45) is 8.20. The molecule has 0 bridgehead atoms. The Morgan fingerprint density at radius 2 is 2.07 bits per heavy atom. The van der Waals surface area contributed by atoms with Gasteiger partial charge >= 0.3 is 0 Å². The number of methoxy groups -OCH3 is 1. The van der Waals surface area contributed by atoms with E-state index in [9.17, 15) is 4.79 Å². The van der Waals surface area contributed by atoms with Gasteiger partial charge in [0.25, 0.3) is 5.91 Å². The Balaban J connectivity index is 1.63. The minimum atomic E-state index is 0.00801. The highest BCUT2D eigenvalue weighted by molar-refractivity contribution is 7.20. The number of aryl methyl sites for hydroxylation is 1. The summed E-state index contributed by atoms with van der Waals surface area (Å²) in [5.41, 5.74) is 3.11. The molecule has 0 atom stereocenters. The lowest BCUT2D eigenvalue weighted by Gasteiger charge is -2.17. The number of thiophene rings is 1. The predicted octanol–water partition coefficient (Wildman–Crippen LogP) is 4.33. The summed E-state index contributed by atoms with van der Waals surface area (Å²) in [5.74, 6) is 1.05. The van der Waals surface area contributed by atoms with Crippen LogP contribution in [0.5, 0.6) is 5.88 Å². The van der Waals surface area contributed by atoms with Gasteiger partial charge in [-0.1, -0.05) is 12.8 Å². The minimum Gasteiger partial charge on any atom is -0.481 e. The van der Waals surface area contributed by atoms with Crippen LogP contribution in [0.2, 0.25) is 0 Å². The molecule has 146 valence electrons. The molecule has 1 aliphatic carbocycles. The van der Waals surface area contributed by atoms with Crippen LogP contribution in [0.25, 0.3) is 10.2 Å². The third-order valence-corrected chi connectivity index (χ3v) is 6.65. The summed E-state index contributed by atoms with van der Waals surface area (Å²) < 4.78 is 5.17. The van der Waals surface area contributed by atoms with Gasteiger partial charge in [-0.05, 0) is 37.0 Å². The molecule has 3 heterocycles. The zero-order valence-corrected chi connectivity index (χ0v) is 17.3. The number of hydrogen-bond donors (Lipinski definition) is 0. The van der Waals surface area contributed by atoms with Gasteiger partial charge in [-0.2, -0.15) is 0 Å². The van der Waals surface area contributed by atoms with Crippen LogP contribution in [-0.4, -0.2) is 39.9 Å². The van der Waals surface area contributed by atoms with E-state index in [0.29, 0.717) is 18.3 Å². The topological polar surface area (TPSA) is 68.2 Å². The van der Waals surface area contributed by atoms with E-state index >= 15 is 0 Å². The molecule has 3 aromatic heterocycles. The van der Waals surface area contributed by atoms with Gasteiger partial charge in [-0.15, -0.1) is 11.3 Å². The maximum atomic E-state index is 13.2. The molecule has 1 amide bonds. The predicted molar refractivity (Wildman–Crippen MR) is 110 cm³/mol. The summed E-state index contributed by atoms with van der Waals surface area (Å²) in [6, 6.07) is 3.75. The molecule has 6 nitrogen and oxygen atoms in total. The molecule has 0 aliphatic heterocycles. The van der Waals surface area contributed by atoms with Crippen molar-refractivity contribution < 1.29 is 9.53 Å². The van der Waals surface area contributed by atoms with Crippen molar-refractivity contribution in [2.45, 2.75) is 45.1 Å². The van der Waals surface area contributed by atoms with Gasteiger partial charge in [0, 0.05) is 37.2 Å². The van der Waals surface area contributed by atoms with Gasteiger partial charge in [0.15, 0.2) is 0 Å². The van der Waals surface area contributed by atoms with Crippen molar-refractivity contribution in [1.82, 2.24) is 19.9 Å². The first-order chi connectivity index (χ1) is 13.6. The Morgan fingerprint density at radius 3 is 2.82 bits per heavy atom. The summed E-state index contributed by atoms with van der Waals surface area (Å²) in [4.78, 5) is 29.7. The maximum absolute atomic E-state index is 13.2. The largest absolute Gasteiger partial charge is 0.481 e. The van der Waals surface area contributed by atoms with Crippen LogP contribution in [0.4, 0.5) is 0 Å². The van der Waals surface area contributed by atoms with Crippen LogP contribution in [0.3, 0.4) is 0 Å². The fourth-order valence-corrected chi connectivity index (χ4v) is 5.14. The second-order valence-electron chi connectivity index (χ2n) is 7.34. The molecule has 1 fully saturated rings. The van der Waals surface area contributed by atoms with Gasteiger partial charge < -0.3 is 9.64 Å². The van der Waals surface area contributed by atoms with Crippen LogP contribution in [0.15, 0.2) is 24.7 Å². The zero-order valence-electron chi connectivity index (χ0n) is 16.4. The Bertz CT molecular complexity index is 1010. The van der Waals surface area contributed by atoms with Crippen LogP contribution in [0, 0.1) is 6.92 Å². The fourth-order valence-electron chi connectivity index (χ4n) is 3.99.